The van der Waals surface area contributed by atoms with Crippen LogP contribution in [0.2, 0.25) is 0 Å². The number of pyridine rings is 1. The Hall–Kier alpha value is -1.87. The SMILES string of the molecule is Cc1ccccc1N(C)c1ncccc1[C@@H](C)N. The van der Waals surface area contributed by atoms with Crippen molar-refractivity contribution in [3.63, 3.8) is 0 Å². The fourth-order valence-corrected chi connectivity index (χ4v) is 2.10. The van der Waals surface area contributed by atoms with E-state index in [9.17, 15) is 0 Å². The fourth-order valence-electron chi connectivity index (χ4n) is 2.10. The van der Waals surface area contributed by atoms with Crippen molar-refractivity contribution < 1.29 is 0 Å². The number of para-hydroxylation sites is 1. The van der Waals surface area contributed by atoms with Crippen LogP contribution in [0, 0.1) is 6.92 Å². The molecule has 1 atom stereocenters. The molecule has 0 unspecified atom stereocenters. The monoisotopic (exact) mass is 241 g/mol. The van der Waals surface area contributed by atoms with Crippen molar-refractivity contribution in [3.8, 4) is 0 Å². The molecule has 0 aliphatic heterocycles. The number of anilines is 2. The molecule has 94 valence electrons. The van der Waals surface area contributed by atoms with Gasteiger partial charge in [-0.15, -0.1) is 0 Å². The van der Waals surface area contributed by atoms with Crippen LogP contribution in [0.1, 0.15) is 24.1 Å². The molecule has 3 nitrogen and oxygen atoms in total. The summed E-state index contributed by atoms with van der Waals surface area (Å²) in [5.41, 5.74) is 9.43. The highest BCUT2D eigenvalue weighted by molar-refractivity contribution is 5.65. The van der Waals surface area contributed by atoms with Crippen LogP contribution in [0.4, 0.5) is 11.5 Å². The van der Waals surface area contributed by atoms with E-state index in [4.69, 9.17) is 5.73 Å². The van der Waals surface area contributed by atoms with Crippen LogP contribution in [-0.4, -0.2) is 12.0 Å². The molecule has 1 aromatic heterocycles. The van der Waals surface area contributed by atoms with Crippen molar-refractivity contribution in [2.24, 2.45) is 5.73 Å². The predicted octanol–water partition coefficient (Wildman–Crippen LogP) is 3.18. The molecule has 1 heterocycles. The van der Waals surface area contributed by atoms with Gasteiger partial charge in [0.05, 0.1) is 0 Å². The molecule has 0 aliphatic carbocycles. The molecular formula is C15H19N3. The van der Waals surface area contributed by atoms with Gasteiger partial charge >= 0.3 is 0 Å². The number of aryl methyl sites for hydroxylation is 1. The predicted molar refractivity (Wildman–Crippen MR) is 76.1 cm³/mol. The first kappa shape index (κ1) is 12.6. The summed E-state index contributed by atoms with van der Waals surface area (Å²) >= 11 is 0. The number of nitrogens with zero attached hydrogens (tertiary/aromatic N) is 2. The van der Waals surface area contributed by atoms with Crippen LogP contribution in [0.25, 0.3) is 0 Å². The first-order chi connectivity index (χ1) is 8.61. The lowest BCUT2D eigenvalue weighted by atomic mass is 10.1. The third-order valence-electron chi connectivity index (χ3n) is 3.10. The summed E-state index contributed by atoms with van der Waals surface area (Å²) in [6.45, 7) is 4.08. The van der Waals surface area contributed by atoms with Crippen molar-refractivity contribution in [1.29, 1.82) is 0 Å². The number of benzene rings is 1. The van der Waals surface area contributed by atoms with Crippen molar-refractivity contribution in [1.82, 2.24) is 4.98 Å². The Morgan fingerprint density at radius 1 is 1.17 bits per heavy atom. The van der Waals surface area contributed by atoms with E-state index in [1.165, 1.54) is 5.56 Å². The second kappa shape index (κ2) is 5.19. The van der Waals surface area contributed by atoms with Crippen molar-refractivity contribution in [2.45, 2.75) is 19.9 Å². The molecule has 0 saturated carbocycles. The molecule has 2 aromatic rings. The smallest absolute Gasteiger partial charge is 0.137 e. The number of nitrogens with two attached hydrogens (primary N) is 1. The van der Waals surface area contributed by atoms with E-state index in [-0.39, 0.29) is 6.04 Å². The van der Waals surface area contributed by atoms with Crippen LogP contribution in [-0.2, 0) is 0 Å². The molecule has 2 rings (SSSR count). The van der Waals surface area contributed by atoms with Gasteiger partial charge in [0, 0.05) is 30.5 Å². The maximum atomic E-state index is 6.00. The topological polar surface area (TPSA) is 42.2 Å². The summed E-state index contributed by atoms with van der Waals surface area (Å²) in [4.78, 5) is 6.55. The third-order valence-corrected chi connectivity index (χ3v) is 3.10. The van der Waals surface area contributed by atoms with E-state index in [1.807, 2.05) is 38.2 Å². The number of hydrogen-bond donors (Lipinski definition) is 1. The van der Waals surface area contributed by atoms with Gasteiger partial charge in [0.2, 0.25) is 0 Å². The minimum Gasteiger partial charge on any atom is -0.329 e. The average molecular weight is 241 g/mol. The van der Waals surface area contributed by atoms with Crippen molar-refractivity contribution >= 4 is 11.5 Å². The molecule has 3 heteroatoms. The van der Waals surface area contributed by atoms with Crippen LogP contribution >= 0.6 is 0 Å². The van der Waals surface area contributed by atoms with Gasteiger partial charge in [-0.1, -0.05) is 24.3 Å². The summed E-state index contributed by atoms with van der Waals surface area (Å²) in [5.74, 6) is 0.918. The van der Waals surface area contributed by atoms with Gasteiger partial charge in [0.25, 0.3) is 0 Å². The van der Waals surface area contributed by atoms with E-state index in [2.05, 4.69) is 28.9 Å². The van der Waals surface area contributed by atoms with E-state index in [0.29, 0.717) is 0 Å². The van der Waals surface area contributed by atoms with Gasteiger partial charge in [-0.2, -0.15) is 0 Å². The third kappa shape index (κ3) is 2.36. The Labute approximate surface area is 108 Å². The quantitative estimate of drug-likeness (QED) is 0.897. The number of rotatable bonds is 3. The van der Waals surface area contributed by atoms with Gasteiger partial charge in [-0.05, 0) is 31.5 Å². The van der Waals surface area contributed by atoms with Gasteiger partial charge in [0.15, 0.2) is 0 Å². The molecule has 0 fully saturated rings. The second-order valence-corrected chi connectivity index (χ2v) is 4.55. The molecule has 0 bridgehead atoms. The first-order valence-electron chi connectivity index (χ1n) is 6.11. The standard InChI is InChI=1S/C15H19N3/c1-11-7-4-5-9-14(11)18(3)15-13(12(2)16)8-6-10-17-15/h4-10,12H,16H2,1-3H3/t12-/m1/s1. The maximum Gasteiger partial charge on any atom is 0.137 e. The molecular weight excluding hydrogens is 222 g/mol. The lowest BCUT2D eigenvalue weighted by Gasteiger charge is -2.24. The summed E-state index contributed by atoms with van der Waals surface area (Å²) in [6, 6.07) is 12.2. The Balaban J connectivity index is 2.46. The molecule has 0 spiro atoms. The fraction of sp³-hybridized carbons (Fsp3) is 0.267. The lowest BCUT2D eigenvalue weighted by molar-refractivity contribution is 0.807. The highest BCUT2D eigenvalue weighted by Crippen LogP contribution is 2.29. The Kier molecular flexibility index (Phi) is 3.63. The van der Waals surface area contributed by atoms with E-state index in [1.54, 1.807) is 6.20 Å². The van der Waals surface area contributed by atoms with E-state index < -0.39 is 0 Å². The van der Waals surface area contributed by atoms with Crippen LogP contribution < -0.4 is 10.6 Å². The zero-order valence-electron chi connectivity index (χ0n) is 11.1. The molecule has 0 saturated heterocycles. The summed E-state index contributed by atoms with van der Waals surface area (Å²) in [5, 5.41) is 0. The van der Waals surface area contributed by atoms with Gasteiger partial charge in [-0.3, -0.25) is 0 Å². The summed E-state index contributed by atoms with van der Waals surface area (Å²) in [7, 11) is 2.02. The van der Waals surface area contributed by atoms with Crippen molar-refractivity contribution in [2.75, 3.05) is 11.9 Å². The van der Waals surface area contributed by atoms with E-state index in [0.717, 1.165) is 17.1 Å². The average Bonchev–Trinajstić information content (AvgIpc) is 2.38. The van der Waals surface area contributed by atoms with Crippen LogP contribution in [0.5, 0.6) is 0 Å². The summed E-state index contributed by atoms with van der Waals surface area (Å²) in [6.07, 6.45) is 1.80. The number of aromatic nitrogens is 1. The Morgan fingerprint density at radius 2 is 1.89 bits per heavy atom. The first-order valence-corrected chi connectivity index (χ1v) is 6.11. The minimum absolute atomic E-state index is 0.0276. The molecule has 2 N–H and O–H groups in total. The van der Waals surface area contributed by atoms with Gasteiger partial charge < -0.3 is 10.6 Å². The Bertz CT molecular complexity index is 535. The molecule has 0 amide bonds. The van der Waals surface area contributed by atoms with E-state index >= 15 is 0 Å². The summed E-state index contributed by atoms with van der Waals surface area (Å²) < 4.78 is 0. The normalized spacial score (nSPS) is 12.2. The molecule has 0 radical (unpaired) electrons. The zero-order valence-corrected chi connectivity index (χ0v) is 11.1. The van der Waals surface area contributed by atoms with Crippen LogP contribution in [0.15, 0.2) is 42.6 Å². The molecule has 0 aliphatic rings. The largest absolute Gasteiger partial charge is 0.329 e. The number of hydrogen-bond acceptors (Lipinski definition) is 3. The Morgan fingerprint density at radius 3 is 2.56 bits per heavy atom. The van der Waals surface area contributed by atoms with Crippen molar-refractivity contribution in [3.05, 3.63) is 53.7 Å². The highest BCUT2D eigenvalue weighted by Gasteiger charge is 2.14. The lowest BCUT2D eigenvalue weighted by Crippen LogP contribution is -2.17. The van der Waals surface area contributed by atoms with Crippen LogP contribution in [0.3, 0.4) is 0 Å². The van der Waals surface area contributed by atoms with Gasteiger partial charge in [0.1, 0.15) is 5.82 Å². The molecule has 1 aromatic carbocycles. The highest BCUT2D eigenvalue weighted by atomic mass is 15.2. The zero-order chi connectivity index (χ0) is 13.1. The molecule has 18 heavy (non-hydrogen) atoms. The second-order valence-electron chi connectivity index (χ2n) is 4.55. The maximum absolute atomic E-state index is 6.00. The van der Waals surface area contributed by atoms with Gasteiger partial charge in [-0.25, -0.2) is 4.98 Å². The minimum atomic E-state index is -0.0276.